The van der Waals surface area contributed by atoms with Gasteiger partial charge in [0.05, 0.1) is 18.6 Å². The fourth-order valence-corrected chi connectivity index (χ4v) is 7.50. The van der Waals surface area contributed by atoms with E-state index in [1.165, 1.54) is 6.07 Å². The lowest BCUT2D eigenvalue weighted by atomic mass is 10.1. The first-order valence-corrected chi connectivity index (χ1v) is 14.6. The third kappa shape index (κ3) is 6.54. The molecule has 1 amide bonds. The van der Waals surface area contributed by atoms with Crippen molar-refractivity contribution in [2.75, 3.05) is 53.0 Å². The van der Waals surface area contributed by atoms with E-state index in [1.807, 2.05) is 6.07 Å². The molecule has 0 bridgehead atoms. The summed E-state index contributed by atoms with van der Waals surface area (Å²) in [4.78, 5) is 17.0. The Labute approximate surface area is 225 Å². The van der Waals surface area contributed by atoms with Crippen molar-refractivity contribution in [3.05, 3.63) is 58.9 Å². The second-order valence-corrected chi connectivity index (χ2v) is 11.9. The smallest absolute Gasteiger partial charge is 0.248 e. The number of amides is 1. The van der Waals surface area contributed by atoms with Crippen molar-refractivity contribution in [3.63, 3.8) is 0 Å². The van der Waals surface area contributed by atoms with Crippen molar-refractivity contribution in [3.8, 4) is 5.75 Å². The number of rotatable bonds is 9. The van der Waals surface area contributed by atoms with Gasteiger partial charge in [-0.25, -0.2) is 12.8 Å². The van der Waals surface area contributed by atoms with Crippen LogP contribution in [-0.4, -0.2) is 87.5 Å². The topological polar surface area (TPSA) is 79.4 Å². The molecule has 38 heavy (non-hydrogen) atoms. The Kier molecular flexibility index (Phi) is 9.40. The first-order valence-electron chi connectivity index (χ1n) is 13.2. The average Bonchev–Trinajstić information content (AvgIpc) is 2.90. The fraction of sp³-hybridized carbons (Fsp3) is 0.536. The molecule has 2 saturated heterocycles. The Morgan fingerprint density at radius 1 is 1.03 bits per heavy atom. The number of methoxy groups -OCH3 is 1. The van der Waals surface area contributed by atoms with Crippen LogP contribution in [-0.2, 0) is 26.1 Å². The minimum Gasteiger partial charge on any atom is -0.497 e. The van der Waals surface area contributed by atoms with E-state index in [2.05, 4.69) is 4.90 Å². The molecule has 2 aliphatic rings. The molecule has 2 heterocycles. The maximum absolute atomic E-state index is 14.0. The van der Waals surface area contributed by atoms with Gasteiger partial charge in [-0.15, -0.1) is 0 Å². The Balaban J connectivity index is 1.30. The third-order valence-corrected chi connectivity index (χ3v) is 9.68. The fourth-order valence-electron chi connectivity index (χ4n) is 5.41. The third-order valence-electron chi connectivity index (χ3n) is 7.42. The summed E-state index contributed by atoms with van der Waals surface area (Å²) in [5.41, 5.74) is 1.95. The summed E-state index contributed by atoms with van der Waals surface area (Å²) in [5.74, 6) is 0.308. The number of carbonyl (C=O) groups is 1. The molecule has 2 aliphatic heterocycles. The lowest BCUT2D eigenvalue weighted by Gasteiger charge is -2.36. The van der Waals surface area contributed by atoms with Crippen molar-refractivity contribution in [2.45, 2.75) is 50.6 Å². The van der Waals surface area contributed by atoms with Crippen LogP contribution >= 0.6 is 0 Å². The molecule has 2 aromatic rings. The summed E-state index contributed by atoms with van der Waals surface area (Å²) < 4.78 is 54.0. The van der Waals surface area contributed by atoms with Gasteiger partial charge in [-0.05, 0) is 56.0 Å². The van der Waals surface area contributed by atoms with Gasteiger partial charge in [0.2, 0.25) is 15.9 Å². The van der Waals surface area contributed by atoms with E-state index >= 15 is 0 Å². The lowest BCUT2D eigenvalue weighted by molar-refractivity contribution is -0.138. The van der Waals surface area contributed by atoms with Gasteiger partial charge in [0.25, 0.3) is 0 Å². The van der Waals surface area contributed by atoms with Crippen LogP contribution in [0, 0.1) is 19.7 Å². The van der Waals surface area contributed by atoms with Crippen LogP contribution in [0.25, 0.3) is 0 Å². The zero-order chi connectivity index (χ0) is 27.3. The number of aryl methyl sites for hydroxylation is 2. The van der Waals surface area contributed by atoms with Gasteiger partial charge in [0.15, 0.2) is 0 Å². The van der Waals surface area contributed by atoms with E-state index in [1.54, 1.807) is 54.4 Å². The number of nitrogens with zero attached hydrogens (tertiary/aromatic N) is 3. The van der Waals surface area contributed by atoms with Gasteiger partial charge in [-0.3, -0.25) is 9.69 Å². The van der Waals surface area contributed by atoms with E-state index in [0.717, 1.165) is 12.8 Å². The summed E-state index contributed by atoms with van der Waals surface area (Å²) in [6.45, 7) is 7.03. The number of piperidine rings is 1. The number of hydrogen-bond donors (Lipinski definition) is 0. The first-order chi connectivity index (χ1) is 18.2. The van der Waals surface area contributed by atoms with Crippen LogP contribution in [0.1, 0.15) is 36.0 Å². The van der Waals surface area contributed by atoms with Crippen molar-refractivity contribution in [1.82, 2.24) is 14.1 Å². The van der Waals surface area contributed by atoms with Crippen molar-refractivity contribution in [1.29, 1.82) is 0 Å². The number of sulfonamides is 1. The van der Waals surface area contributed by atoms with Crippen molar-refractivity contribution < 1.29 is 27.1 Å². The number of ether oxygens (including phenoxy) is 2. The predicted molar refractivity (Wildman–Crippen MR) is 143 cm³/mol. The molecule has 0 spiro atoms. The van der Waals surface area contributed by atoms with E-state index < -0.39 is 10.0 Å². The highest BCUT2D eigenvalue weighted by Gasteiger charge is 2.36. The van der Waals surface area contributed by atoms with Gasteiger partial charge >= 0.3 is 0 Å². The molecule has 0 saturated carbocycles. The molecular formula is C28H38FN3O5S. The molecule has 0 aliphatic carbocycles. The van der Waals surface area contributed by atoms with Crippen LogP contribution in [0.3, 0.4) is 0 Å². The molecule has 0 aromatic heterocycles. The average molecular weight is 548 g/mol. The highest BCUT2D eigenvalue weighted by atomic mass is 32.2. The van der Waals surface area contributed by atoms with Gasteiger partial charge < -0.3 is 14.4 Å². The van der Waals surface area contributed by atoms with Crippen LogP contribution in [0.5, 0.6) is 5.75 Å². The SMILES string of the molecule is COc1cc(C)c(S(=O)(=O)N2CCCCC2COCC(=O)N2CCN(Cc3ccccc3F)CC2)c(C)c1. The molecule has 10 heteroatoms. The quantitative estimate of drug-likeness (QED) is 0.479. The van der Waals surface area contributed by atoms with Gasteiger partial charge in [-0.1, -0.05) is 24.6 Å². The lowest BCUT2D eigenvalue weighted by Crippen LogP contribution is -2.50. The molecule has 208 valence electrons. The molecule has 1 unspecified atom stereocenters. The molecule has 1 atom stereocenters. The Morgan fingerprint density at radius 2 is 1.71 bits per heavy atom. The summed E-state index contributed by atoms with van der Waals surface area (Å²) in [6.07, 6.45) is 2.40. The van der Waals surface area contributed by atoms with Crippen LogP contribution < -0.4 is 4.74 Å². The van der Waals surface area contributed by atoms with Crippen LogP contribution in [0.15, 0.2) is 41.3 Å². The van der Waals surface area contributed by atoms with Gasteiger partial charge in [0, 0.05) is 50.9 Å². The highest BCUT2D eigenvalue weighted by Crippen LogP contribution is 2.32. The normalized spacial score (nSPS) is 19.5. The summed E-state index contributed by atoms with van der Waals surface area (Å²) in [5, 5.41) is 0. The van der Waals surface area contributed by atoms with E-state index in [0.29, 0.717) is 73.0 Å². The maximum Gasteiger partial charge on any atom is 0.248 e. The second-order valence-electron chi connectivity index (χ2n) is 10.1. The Morgan fingerprint density at radius 3 is 2.37 bits per heavy atom. The minimum absolute atomic E-state index is 0.0850. The number of carbonyl (C=O) groups excluding carboxylic acids is 1. The van der Waals surface area contributed by atoms with E-state index in [4.69, 9.17) is 9.47 Å². The van der Waals surface area contributed by atoms with Crippen molar-refractivity contribution >= 4 is 15.9 Å². The van der Waals surface area contributed by atoms with E-state index in [9.17, 15) is 17.6 Å². The molecular weight excluding hydrogens is 509 g/mol. The summed E-state index contributed by atoms with van der Waals surface area (Å²) in [7, 11) is -2.17. The molecule has 8 nitrogen and oxygen atoms in total. The molecule has 0 radical (unpaired) electrons. The Bertz CT molecular complexity index is 1210. The monoisotopic (exact) mass is 547 g/mol. The molecule has 4 rings (SSSR count). The Hall–Kier alpha value is -2.53. The summed E-state index contributed by atoms with van der Waals surface area (Å²) in [6, 6.07) is 9.91. The molecule has 2 aromatic carbocycles. The number of benzene rings is 2. The largest absolute Gasteiger partial charge is 0.497 e. The second kappa shape index (κ2) is 12.5. The zero-order valence-corrected chi connectivity index (χ0v) is 23.3. The van der Waals surface area contributed by atoms with Crippen molar-refractivity contribution in [2.24, 2.45) is 0 Å². The summed E-state index contributed by atoms with van der Waals surface area (Å²) >= 11 is 0. The number of halogens is 1. The predicted octanol–water partition coefficient (Wildman–Crippen LogP) is 3.36. The first kappa shape index (κ1) is 28.5. The number of hydrogen-bond acceptors (Lipinski definition) is 6. The van der Waals surface area contributed by atoms with Gasteiger partial charge in [0.1, 0.15) is 18.2 Å². The minimum atomic E-state index is -3.73. The van der Waals surface area contributed by atoms with E-state index in [-0.39, 0.29) is 31.0 Å². The van der Waals surface area contributed by atoms with Crippen LogP contribution in [0.2, 0.25) is 0 Å². The van der Waals surface area contributed by atoms with Crippen LogP contribution in [0.4, 0.5) is 4.39 Å². The maximum atomic E-state index is 14.0. The van der Waals surface area contributed by atoms with Gasteiger partial charge in [-0.2, -0.15) is 4.31 Å². The standard InChI is InChI=1S/C28H38FN3O5S/c1-21-16-25(36-3)17-22(2)28(21)38(34,35)32-11-7-6-9-24(32)19-37-20-27(33)31-14-12-30(13-15-31)18-23-8-4-5-10-26(23)29/h4-5,8,10,16-17,24H,6-7,9,11-15,18-20H2,1-3H3. The highest BCUT2D eigenvalue weighted by molar-refractivity contribution is 7.89. The molecule has 0 N–H and O–H groups in total. The molecule has 2 fully saturated rings. The zero-order valence-electron chi connectivity index (χ0n) is 22.5. The number of piperazine rings is 1.